The molecule has 2 aromatic rings. The first-order valence-electron chi connectivity index (χ1n) is 7.21. The number of hydrogen-bond donors (Lipinski definition) is 0. The van der Waals surface area contributed by atoms with E-state index in [1.165, 1.54) is 18.0 Å². The largest absolute Gasteiger partial charge is 0.489 e. The monoisotopic (exact) mass is 399 g/mol. The van der Waals surface area contributed by atoms with E-state index in [0.717, 1.165) is 22.2 Å². The smallest absolute Gasteiger partial charge is 0.201 e. The molecular weight excluding hydrogens is 385 g/mol. The van der Waals surface area contributed by atoms with Crippen molar-refractivity contribution in [3.8, 4) is 5.75 Å². The van der Waals surface area contributed by atoms with Crippen LogP contribution in [0.4, 0.5) is 4.39 Å². The van der Waals surface area contributed by atoms with Gasteiger partial charge in [0.15, 0.2) is 5.76 Å². The number of alkyl halides is 1. The van der Waals surface area contributed by atoms with Gasteiger partial charge in [0.25, 0.3) is 0 Å². The van der Waals surface area contributed by atoms with Crippen LogP contribution in [0, 0.1) is 0 Å². The Labute approximate surface area is 145 Å². The Morgan fingerprint density at radius 3 is 2.91 bits per heavy atom. The number of ketones is 1. The fourth-order valence-electron chi connectivity index (χ4n) is 2.40. The predicted molar refractivity (Wildman–Crippen MR) is 89.3 cm³/mol. The minimum Gasteiger partial charge on any atom is -0.489 e. The third kappa shape index (κ3) is 3.30. The van der Waals surface area contributed by atoms with Gasteiger partial charge in [-0.15, -0.1) is 11.8 Å². The van der Waals surface area contributed by atoms with Gasteiger partial charge in [0.2, 0.25) is 5.78 Å². The lowest BCUT2D eigenvalue weighted by Crippen LogP contribution is -2.09. The van der Waals surface area contributed by atoms with Gasteiger partial charge >= 0.3 is 0 Å². The molecule has 122 valence electrons. The van der Waals surface area contributed by atoms with Crippen molar-refractivity contribution >= 4 is 33.5 Å². The highest BCUT2D eigenvalue weighted by atomic mass is 79.9. The number of carbonyl (C=O) groups is 1. The number of ether oxygens (including phenoxy) is 1. The standard InChI is InChI=1S/C16H15BrFNO3S/c1-23-16-12(17)5-4-10(15(16)21-7-6-18)13(20)11-8-19-22-14(11)9-2-3-9/h4-5,8-9H,2-3,6-7H2,1H3. The fraction of sp³-hybridized carbons (Fsp3) is 0.375. The molecule has 0 atom stereocenters. The molecule has 7 heteroatoms. The quantitative estimate of drug-likeness (QED) is 0.502. The average Bonchev–Trinajstić information content (AvgIpc) is 3.29. The Balaban J connectivity index is 2.03. The van der Waals surface area contributed by atoms with E-state index in [0.29, 0.717) is 22.6 Å². The molecule has 0 amide bonds. The van der Waals surface area contributed by atoms with E-state index >= 15 is 0 Å². The molecule has 1 aromatic carbocycles. The van der Waals surface area contributed by atoms with Crippen LogP contribution >= 0.6 is 27.7 Å². The second-order valence-corrected chi connectivity index (χ2v) is 6.87. The Kier molecular flexibility index (Phi) is 5.06. The second-order valence-electron chi connectivity index (χ2n) is 5.20. The molecule has 1 heterocycles. The third-order valence-electron chi connectivity index (χ3n) is 3.63. The van der Waals surface area contributed by atoms with Crippen molar-refractivity contribution in [3.63, 3.8) is 0 Å². The summed E-state index contributed by atoms with van der Waals surface area (Å²) in [4.78, 5) is 13.7. The molecule has 3 rings (SSSR count). The number of nitrogens with zero attached hydrogens (tertiary/aromatic N) is 1. The molecule has 1 fully saturated rings. The molecule has 0 N–H and O–H groups in total. The van der Waals surface area contributed by atoms with Crippen molar-refractivity contribution in [3.05, 3.63) is 39.7 Å². The molecule has 0 unspecified atom stereocenters. The van der Waals surface area contributed by atoms with E-state index in [1.807, 2.05) is 6.26 Å². The molecule has 1 aliphatic carbocycles. The molecule has 0 radical (unpaired) electrons. The van der Waals surface area contributed by atoms with Crippen molar-refractivity contribution in [2.45, 2.75) is 23.7 Å². The normalized spacial score (nSPS) is 14.0. The Hall–Kier alpha value is -1.34. The van der Waals surface area contributed by atoms with E-state index in [4.69, 9.17) is 9.26 Å². The van der Waals surface area contributed by atoms with Crippen LogP contribution in [0.25, 0.3) is 0 Å². The van der Waals surface area contributed by atoms with Gasteiger partial charge in [-0.25, -0.2) is 4.39 Å². The van der Waals surface area contributed by atoms with Crippen molar-refractivity contribution in [1.29, 1.82) is 0 Å². The van der Waals surface area contributed by atoms with Crippen LogP contribution in [0.15, 0.2) is 32.2 Å². The zero-order valence-electron chi connectivity index (χ0n) is 12.5. The van der Waals surface area contributed by atoms with Crippen molar-refractivity contribution in [1.82, 2.24) is 5.16 Å². The fourth-order valence-corrected chi connectivity index (χ4v) is 3.81. The first-order chi connectivity index (χ1) is 11.2. The zero-order chi connectivity index (χ0) is 16.4. The lowest BCUT2D eigenvalue weighted by atomic mass is 10.0. The van der Waals surface area contributed by atoms with Gasteiger partial charge < -0.3 is 9.26 Å². The Bertz CT molecular complexity index is 730. The molecule has 23 heavy (non-hydrogen) atoms. The summed E-state index contributed by atoms with van der Waals surface area (Å²) in [5.41, 5.74) is 0.864. The summed E-state index contributed by atoms with van der Waals surface area (Å²) in [6.07, 6.45) is 5.36. The van der Waals surface area contributed by atoms with Crippen molar-refractivity contribution in [2.24, 2.45) is 0 Å². The van der Waals surface area contributed by atoms with Crippen LogP contribution in [0.2, 0.25) is 0 Å². The lowest BCUT2D eigenvalue weighted by molar-refractivity contribution is 0.103. The highest BCUT2D eigenvalue weighted by molar-refractivity contribution is 9.10. The molecule has 0 saturated heterocycles. The summed E-state index contributed by atoms with van der Waals surface area (Å²) in [5, 5.41) is 3.77. The Morgan fingerprint density at radius 2 is 2.26 bits per heavy atom. The molecule has 1 aliphatic rings. The Morgan fingerprint density at radius 1 is 1.48 bits per heavy atom. The summed E-state index contributed by atoms with van der Waals surface area (Å²) in [6, 6.07) is 3.48. The van der Waals surface area contributed by atoms with Gasteiger partial charge in [-0.1, -0.05) is 5.16 Å². The summed E-state index contributed by atoms with van der Waals surface area (Å²) >= 11 is 4.88. The van der Waals surface area contributed by atoms with Crippen LogP contribution < -0.4 is 4.74 Å². The number of benzene rings is 1. The van der Waals surface area contributed by atoms with Gasteiger partial charge in [-0.2, -0.15) is 0 Å². The second kappa shape index (κ2) is 7.05. The average molecular weight is 400 g/mol. The predicted octanol–water partition coefficient (Wildman–Crippen LogP) is 4.62. The summed E-state index contributed by atoms with van der Waals surface area (Å²) in [7, 11) is 0. The highest BCUT2D eigenvalue weighted by Crippen LogP contribution is 2.43. The molecule has 1 saturated carbocycles. The maximum atomic E-state index is 12.9. The first kappa shape index (κ1) is 16.5. The van der Waals surface area contributed by atoms with E-state index in [1.54, 1.807) is 12.1 Å². The number of thioether (sulfide) groups is 1. The maximum absolute atomic E-state index is 12.9. The van der Waals surface area contributed by atoms with Crippen molar-refractivity contribution < 1.29 is 18.4 Å². The molecular formula is C16H15BrFNO3S. The molecule has 0 bridgehead atoms. The molecule has 0 spiro atoms. The zero-order valence-corrected chi connectivity index (χ0v) is 14.9. The SMILES string of the molecule is CSc1c(Br)ccc(C(=O)c2cnoc2C2CC2)c1OCCF. The lowest BCUT2D eigenvalue weighted by Gasteiger charge is -2.14. The van der Waals surface area contributed by atoms with Crippen LogP contribution in [-0.4, -0.2) is 30.5 Å². The van der Waals surface area contributed by atoms with Gasteiger partial charge in [0, 0.05) is 10.4 Å². The number of halogens is 2. The first-order valence-corrected chi connectivity index (χ1v) is 9.23. The number of carbonyl (C=O) groups excluding carboxylic acids is 1. The minimum atomic E-state index is -0.617. The van der Waals surface area contributed by atoms with Gasteiger partial charge in [-0.3, -0.25) is 4.79 Å². The maximum Gasteiger partial charge on any atom is 0.201 e. The van der Waals surface area contributed by atoms with Gasteiger partial charge in [-0.05, 0) is 47.2 Å². The number of hydrogen-bond acceptors (Lipinski definition) is 5. The van der Waals surface area contributed by atoms with Crippen LogP contribution in [0.3, 0.4) is 0 Å². The van der Waals surface area contributed by atoms with Gasteiger partial charge in [0.05, 0.1) is 22.2 Å². The van der Waals surface area contributed by atoms with E-state index < -0.39 is 6.67 Å². The topological polar surface area (TPSA) is 52.3 Å². The highest BCUT2D eigenvalue weighted by Gasteiger charge is 2.33. The van der Waals surface area contributed by atoms with E-state index in [9.17, 15) is 9.18 Å². The summed E-state index contributed by atoms with van der Waals surface area (Å²) < 4.78 is 24.1. The summed E-state index contributed by atoms with van der Waals surface area (Å²) in [6.45, 7) is -0.710. The van der Waals surface area contributed by atoms with Crippen LogP contribution in [-0.2, 0) is 0 Å². The minimum absolute atomic E-state index is 0.0938. The van der Waals surface area contributed by atoms with E-state index in [2.05, 4.69) is 21.1 Å². The third-order valence-corrected chi connectivity index (χ3v) is 5.36. The molecule has 1 aromatic heterocycles. The van der Waals surface area contributed by atoms with Crippen LogP contribution in [0.5, 0.6) is 5.75 Å². The van der Waals surface area contributed by atoms with Crippen molar-refractivity contribution in [2.75, 3.05) is 19.5 Å². The van der Waals surface area contributed by atoms with E-state index in [-0.39, 0.29) is 18.3 Å². The number of rotatable bonds is 7. The van der Waals surface area contributed by atoms with Crippen LogP contribution in [0.1, 0.15) is 40.4 Å². The molecule has 0 aliphatic heterocycles. The molecule has 4 nitrogen and oxygen atoms in total. The number of aromatic nitrogens is 1. The van der Waals surface area contributed by atoms with Gasteiger partial charge in [0.1, 0.15) is 19.0 Å². The summed E-state index contributed by atoms with van der Waals surface area (Å²) in [5.74, 6) is 1.12.